The number of piperidine rings is 1. The molecular weight excluding hydrogens is 370 g/mol. The molecule has 4 fully saturated rings. The molecule has 2 saturated heterocycles. The van der Waals surface area contributed by atoms with Crippen LogP contribution in [0.2, 0.25) is 0 Å². The zero-order chi connectivity index (χ0) is 19.5. The summed E-state index contributed by atoms with van der Waals surface area (Å²) in [5, 5.41) is 0. The number of Topliss-reactive ketones (excluding diaryl/α,β-unsaturated/α-hetero) is 1. The summed E-state index contributed by atoms with van der Waals surface area (Å²) in [6.07, 6.45) is 4.16. The van der Waals surface area contributed by atoms with Gasteiger partial charge in [-0.1, -0.05) is 6.07 Å². The van der Waals surface area contributed by atoms with E-state index >= 15 is 0 Å². The number of esters is 1. The number of nitrogens with zero attached hydrogens (tertiary/aromatic N) is 1. The molecule has 152 valence electrons. The van der Waals surface area contributed by atoms with Crippen molar-refractivity contribution >= 4 is 11.8 Å². The molecule has 2 bridgehead atoms. The normalized spacial score (nSPS) is 41.5. The molecule has 0 N–H and O–H groups in total. The van der Waals surface area contributed by atoms with E-state index in [1.807, 2.05) is 6.07 Å². The van der Waals surface area contributed by atoms with Crippen molar-refractivity contribution in [2.24, 2.45) is 11.3 Å². The average molecular weight is 395 g/mol. The van der Waals surface area contributed by atoms with E-state index in [0.29, 0.717) is 12.2 Å². The Balaban J connectivity index is 1.51. The van der Waals surface area contributed by atoms with Crippen molar-refractivity contribution in [3.05, 3.63) is 23.3 Å². The maximum absolute atomic E-state index is 13.3. The Morgan fingerprint density at radius 2 is 2.07 bits per heavy atom. The SMILES string of the molecule is COc1ccc2c3c1OC1C(=O)CC4OC(=O)CC45C(C2)N(CC2CC2)CCC315. The molecule has 3 aliphatic heterocycles. The summed E-state index contributed by atoms with van der Waals surface area (Å²) < 4.78 is 17.9. The highest BCUT2D eigenvalue weighted by Gasteiger charge is 2.79. The topological polar surface area (TPSA) is 65.1 Å². The number of benzene rings is 1. The standard InChI is InChI=1S/C23H25NO5/c1-27-15-5-4-13-8-16-23-10-18(26)28-17(23)9-14(25)21-22(23,19(13)20(15)29-21)6-7-24(16)11-12-2-3-12/h4-5,12,16-17,21H,2-3,6-11H2,1H3. The third kappa shape index (κ3) is 1.76. The molecule has 5 unspecified atom stereocenters. The fourth-order valence-electron chi connectivity index (χ4n) is 7.62. The Morgan fingerprint density at radius 3 is 2.86 bits per heavy atom. The number of carbonyl (C=O) groups excluding carboxylic acids is 2. The molecule has 0 radical (unpaired) electrons. The Bertz CT molecular complexity index is 970. The van der Waals surface area contributed by atoms with Gasteiger partial charge in [0.25, 0.3) is 0 Å². The number of likely N-dealkylation sites (tertiary alicyclic amines) is 1. The Hall–Kier alpha value is -2.08. The number of methoxy groups -OCH3 is 1. The number of hydrogen-bond donors (Lipinski definition) is 0. The van der Waals surface area contributed by atoms with Crippen molar-refractivity contribution in [3.8, 4) is 11.5 Å². The maximum Gasteiger partial charge on any atom is 0.306 e. The van der Waals surface area contributed by atoms with Crippen LogP contribution in [0, 0.1) is 11.3 Å². The first-order chi connectivity index (χ1) is 14.1. The molecule has 5 atom stereocenters. The molecule has 6 aliphatic rings. The Kier molecular flexibility index (Phi) is 2.96. The van der Waals surface area contributed by atoms with Gasteiger partial charge in [0.2, 0.25) is 0 Å². The van der Waals surface area contributed by atoms with Crippen LogP contribution in [0.1, 0.15) is 43.2 Å². The van der Waals surface area contributed by atoms with E-state index < -0.39 is 11.5 Å². The largest absolute Gasteiger partial charge is 0.493 e. The van der Waals surface area contributed by atoms with Gasteiger partial charge in [0.15, 0.2) is 23.4 Å². The van der Waals surface area contributed by atoms with Gasteiger partial charge in [0.1, 0.15) is 6.10 Å². The van der Waals surface area contributed by atoms with Crippen LogP contribution in [0.15, 0.2) is 12.1 Å². The second kappa shape index (κ2) is 5.15. The van der Waals surface area contributed by atoms with Gasteiger partial charge >= 0.3 is 5.97 Å². The minimum absolute atomic E-state index is 0.0702. The van der Waals surface area contributed by atoms with E-state index in [9.17, 15) is 9.59 Å². The van der Waals surface area contributed by atoms with Gasteiger partial charge < -0.3 is 14.2 Å². The number of carbonyl (C=O) groups is 2. The van der Waals surface area contributed by atoms with Crippen LogP contribution in [0.3, 0.4) is 0 Å². The molecule has 6 heteroatoms. The summed E-state index contributed by atoms with van der Waals surface area (Å²) in [5.41, 5.74) is 1.55. The van der Waals surface area contributed by atoms with Crippen LogP contribution in [0.4, 0.5) is 0 Å². The van der Waals surface area contributed by atoms with Crippen LogP contribution in [0.5, 0.6) is 11.5 Å². The molecule has 7 rings (SSSR count). The molecule has 1 aromatic rings. The van der Waals surface area contributed by atoms with Crippen molar-refractivity contribution < 1.29 is 23.8 Å². The lowest BCUT2D eigenvalue weighted by molar-refractivity contribution is -0.173. The van der Waals surface area contributed by atoms with E-state index in [4.69, 9.17) is 14.2 Å². The highest BCUT2D eigenvalue weighted by Crippen LogP contribution is 2.71. The van der Waals surface area contributed by atoms with E-state index in [-0.39, 0.29) is 35.7 Å². The van der Waals surface area contributed by atoms with Gasteiger partial charge in [0.05, 0.1) is 18.9 Å². The van der Waals surface area contributed by atoms with Gasteiger partial charge in [-0.2, -0.15) is 0 Å². The van der Waals surface area contributed by atoms with Gasteiger partial charge in [0, 0.05) is 30.0 Å². The van der Waals surface area contributed by atoms with Crippen molar-refractivity contribution in [2.75, 3.05) is 20.2 Å². The van der Waals surface area contributed by atoms with Gasteiger partial charge in [-0.25, -0.2) is 0 Å². The Labute approximate surface area is 169 Å². The lowest BCUT2D eigenvalue weighted by Gasteiger charge is -2.64. The monoisotopic (exact) mass is 395 g/mol. The highest BCUT2D eigenvalue weighted by atomic mass is 16.6. The fraction of sp³-hybridized carbons (Fsp3) is 0.652. The average Bonchev–Trinajstić information content (AvgIpc) is 3.35. The smallest absolute Gasteiger partial charge is 0.306 e. The second-order valence-corrected chi connectivity index (χ2v) is 9.87. The van der Waals surface area contributed by atoms with E-state index in [1.54, 1.807) is 7.11 Å². The van der Waals surface area contributed by atoms with Crippen molar-refractivity contribution in [2.45, 2.75) is 62.2 Å². The van der Waals surface area contributed by atoms with Gasteiger partial charge in [-0.05, 0) is 49.8 Å². The summed E-state index contributed by atoms with van der Waals surface area (Å²) in [5.74, 6) is 2.13. The number of ether oxygens (including phenoxy) is 3. The van der Waals surface area contributed by atoms with E-state index in [1.165, 1.54) is 18.4 Å². The molecule has 0 aromatic heterocycles. The summed E-state index contributed by atoms with van der Waals surface area (Å²) >= 11 is 0. The van der Waals surface area contributed by atoms with Crippen molar-refractivity contribution in [1.82, 2.24) is 4.90 Å². The van der Waals surface area contributed by atoms with Crippen LogP contribution in [0.25, 0.3) is 0 Å². The zero-order valence-corrected chi connectivity index (χ0v) is 16.6. The third-order valence-electron chi connectivity index (χ3n) is 8.78. The lowest BCUT2D eigenvalue weighted by Crippen LogP contribution is -2.75. The molecule has 2 saturated carbocycles. The predicted molar refractivity (Wildman–Crippen MR) is 102 cm³/mol. The molecule has 3 aliphatic carbocycles. The molecule has 3 heterocycles. The molecule has 0 amide bonds. The third-order valence-corrected chi connectivity index (χ3v) is 8.78. The van der Waals surface area contributed by atoms with Crippen molar-refractivity contribution in [1.29, 1.82) is 0 Å². The quantitative estimate of drug-likeness (QED) is 0.730. The first-order valence-corrected chi connectivity index (χ1v) is 10.9. The minimum atomic E-state index is -0.524. The number of ketones is 1. The van der Waals surface area contributed by atoms with Gasteiger partial charge in [-0.15, -0.1) is 0 Å². The summed E-state index contributed by atoms with van der Waals surface area (Å²) in [4.78, 5) is 28.6. The summed E-state index contributed by atoms with van der Waals surface area (Å²) in [7, 11) is 1.65. The molecule has 29 heavy (non-hydrogen) atoms. The predicted octanol–water partition coefficient (Wildman–Crippen LogP) is 2.01. The lowest BCUT2D eigenvalue weighted by atomic mass is 9.42. The Morgan fingerprint density at radius 1 is 1.21 bits per heavy atom. The van der Waals surface area contributed by atoms with Crippen LogP contribution in [-0.2, 0) is 26.2 Å². The molecule has 2 spiro atoms. The first kappa shape index (κ1) is 16.7. The molecule has 6 nitrogen and oxygen atoms in total. The maximum atomic E-state index is 13.3. The van der Waals surface area contributed by atoms with Gasteiger partial charge in [-0.3, -0.25) is 14.5 Å². The highest BCUT2D eigenvalue weighted by molar-refractivity contribution is 5.92. The molecule has 1 aromatic carbocycles. The zero-order valence-electron chi connectivity index (χ0n) is 16.6. The second-order valence-electron chi connectivity index (χ2n) is 9.87. The first-order valence-electron chi connectivity index (χ1n) is 10.9. The summed E-state index contributed by atoms with van der Waals surface area (Å²) in [6.45, 7) is 2.05. The number of rotatable bonds is 3. The molecular formula is C23H25NO5. The van der Waals surface area contributed by atoms with Crippen molar-refractivity contribution in [3.63, 3.8) is 0 Å². The van der Waals surface area contributed by atoms with E-state index in [2.05, 4.69) is 11.0 Å². The fourth-order valence-corrected chi connectivity index (χ4v) is 7.62. The van der Waals surface area contributed by atoms with E-state index in [0.717, 1.165) is 43.2 Å². The minimum Gasteiger partial charge on any atom is -0.493 e. The summed E-state index contributed by atoms with van der Waals surface area (Å²) in [6, 6.07) is 4.34. The number of hydrogen-bond acceptors (Lipinski definition) is 6. The van der Waals surface area contributed by atoms with Crippen LogP contribution < -0.4 is 9.47 Å². The van der Waals surface area contributed by atoms with Crippen LogP contribution >= 0.6 is 0 Å². The van der Waals surface area contributed by atoms with Crippen LogP contribution in [-0.4, -0.2) is 55.1 Å².